The third-order valence-corrected chi connectivity index (χ3v) is 3.47. The fraction of sp³-hybridized carbons (Fsp3) is 0.600. The molecule has 1 aromatic rings. The highest BCUT2D eigenvalue weighted by Crippen LogP contribution is 2.29. The van der Waals surface area contributed by atoms with E-state index in [9.17, 15) is 5.11 Å². The first-order valence-corrected chi connectivity index (χ1v) is 6.93. The first kappa shape index (κ1) is 13.2. The third-order valence-electron chi connectivity index (χ3n) is 3.47. The largest absolute Gasteiger partial charge is 0.508 e. The van der Waals surface area contributed by atoms with Crippen molar-refractivity contribution in [2.24, 2.45) is 0 Å². The van der Waals surface area contributed by atoms with Gasteiger partial charge in [0.05, 0.1) is 0 Å². The van der Waals surface area contributed by atoms with Crippen molar-refractivity contribution in [1.82, 2.24) is 4.90 Å². The topological polar surface area (TPSA) is 32.7 Å². The number of nitrogens with zero attached hydrogens (tertiary/aromatic N) is 1. The predicted molar refractivity (Wildman–Crippen MR) is 73.2 cm³/mol. The van der Waals surface area contributed by atoms with Gasteiger partial charge in [0.15, 0.2) is 0 Å². The molecule has 1 aromatic carbocycles. The zero-order valence-electron chi connectivity index (χ0n) is 11.4. The second-order valence-electron chi connectivity index (χ2n) is 5.00. The van der Waals surface area contributed by atoms with Crippen molar-refractivity contribution in [2.75, 3.05) is 19.7 Å². The lowest BCUT2D eigenvalue weighted by atomic mass is 10.0. The monoisotopic (exact) mass is 249 g/mol. The molecule has 0 fully saturated rings. The van der Waals surface area contributed by atoms with Crippen LogP contribution in [0.25, 0.3) is 0 Å². The van der Waals surface area contributed by atoms with Crippen LogP contribution in [0, 0.1) is 0 Å². The van der Waals surface area contributed by atoms with Gasteiger partial charge in [-0.1, -0.05) is 13.8 Å². The Morgan fingerprint density at radius 3 is 2.67 bits per heavy atom. The van der Waals surface area contributed by atoms with E-state index in [1.54, 1.807) is 6.07 Å². The van der Waals surface area contributed by atoms with Crippen molar-refractivity contribution >= 4 is 0 Å². The molecule has 18 heavy (non-hydrogen) atoms. The fourth-order valence-electron chi connectivity index (χ4n) is 2.65. The Kier molecular flexibility index (Phi) is 4.48. The van der Waals surface area contributed by atoms with Gasteiger partial charge in [-0.2, -0.15) is 0 Å². The summed E-state index contributed by atoms with van der Waals surface area (Å²) in [4.78, 5) is 2.51. The summed E-state index contributed by atoms with van der Waals surface area (Å²) in [6, 6.07) is 5.83. The van der Waals surface area contributed by atoms with Crippen molar-refractivity contribution in [3.05, 3.63) is 23.8 Å². The van der Waals surface area contributed by atoms with Gasteiger partial charge in [0.2, 0.25) is 0 Å². The number of hydrogen-bond donors (Lipinski definition) is 1. The summed E-state index contributed by atoms with van der Waals surface area (Å²) in [5, 5.41) is 9.55. The van der Waals surface area contributed by atoms with E-state index in [2.05, 4.69) is 18.7 Å². The number of phenolic OH excluding ortho intramolecular Hbond substituents is 1. The predicted octanol–water partition coefficient (Wildman–Crippen LogP) is 2.82. The minimum atomic E-state index is 0.329. The van der Waals surface area contributed by atoms with E-state index in [4.69, 9.17) is 4.74 Å². The van der Waals surface area contributed by atoms with E-state index in [-0.39, 0.29) is 0 Å². The van der Waals surface area contributed by atoms with Crippen LogP contribution in [0.2, 0.25) is 0 Å². The molecule has 2 rings (SSSR count). The van der Waals surface area contributed by atoms with Crippen LogP contribution >= 0.6 is 0 Å². The third kappa shape index (κ3) is 2.96. The van der Waals surface area contributed by atoms with Crippen LogP contribution < -0.4 is 4.74 Å². The average molecular weight is 249 g/mol. The highest BCUT2D eigenvalue weighted by atomic mass is 16.5. The summed E-state index contributed by atoms with van der Waals surface area (Å²) in [5.74, 6) is 1.26. The fourth-order valence-corrected chi connectivity index (χ4v) is 2.65. The van der Waals surface area contributed by atoms with Crippen molar-refractivity contribution in [1.29, 1.82) is 0 Å². The van der Waals surface area contributed by atoms with Gasteiger partial charge in [0.1, 0.15) is 18.1 Å². The summed E-state index contributed by atoms with van der Waals surface area (Å²) in [7, 11) is 0. The molecule has 0 bridgehead atoms. The molecule has 3 heteroatoms. The van der Waals surface area contributed by atoms with Crippen LogP contribution in [-0.2, 0) is 6.42 Å². The average Bonchev–Trinajstić information content (AvgIpc) is 2.37. The van der Waals surface area contributed by atoms with Gasteiger partial charge in [0.25, 0.3) is 0 Å². The lowest BCUT2D eigenvalue weighted by molar-refractivity contribution is 0.119. The second kappa shape index (κ2) is 6.10. The van der Waals surface area contributed by atoms with Gasteiger partial charge >= 0.3 is 0 Å². The zero-order valence-corrected chi connectivity index (χ0v) is 11.4. The molecule has 0 aliphatic carbocycles. The molecule has 1 N–H and O–H groups in total. The highest BCUT2D eigenvalue weighted by molar-refractivity contribution is 5.41. The van der Waals surface area contributed by atoms with Gasteiger partial charge in [0, 0.05) is 6.04 Å². The molecular weight excluding hydrogens is 226 g/mol. The summed E-state index contributed by atoms with van der Waals surface area (Å²) < 4.78 is 5.81. The lowest BCUT2D eigenvalue weighted by Crippen LogP contribution is -2.43. The summed E-state index contributed by atoms with van der Waals surface area (Å²) >= 11 is 0. The first-order chi connectivity index (χ1) is 8.74. The minimum absolute atomic E-state index is 0.329. The van der Waals surface area contributed by atoms with E-state index in [1.165, 1.54) is 12.8 Å². The zero-order chi connectivity index (χ0) is 13.0. The van der Waals surface area contributed by atoms with Crippen molar-refractivity contribution < 1.29 is 9.84 Å². The van der Waals surface area contributed by atoms with Crippen LogP contribution in [0.5, 0.6) is 11.5 Å². The molecule has 0 unspecified atom stereocenters. The molecule has 0 radical (unpaired) electrons. The first-order valence-electron chi connectivity index (χ1n) is 6.93. The van der Waals surface area contributed by atoms with Crippen molar-refractivity contribution in [2.45, 2.75) is 39.2 Å². The van der Waals surface area contributed by atoms with E-state index in [0.29, 0.717) is 11.8 Å². The van der Waals surface area contributed by atoms with Crippen molar-refractivity contribution in [3.63, 3.8) is 0 Å². The molecular formula is C15H23NO2. The van der Waals surface area contributed by atoms with Crippen molar-refractivity contribution in [3.8, 4) is 11.5 Å². The molecule has 100 valence electrons. The van der Waals surface area contributed by atoms with E-state index in [1.807, 2.05) is 12.1 Å². The van der Waals surface area contributed by atoms with Crippen LogP contribution in [0.1, 0.15) is 32.3 Å². The maximum atomic E-state index is 9.55. The Morgan fingerprint density at radius 1 is 1.28 bits per heavy atom. The molecule has 1 aliphatic heterocycles. The van der Waals surface area contributed by atoms with Gasteiger partial charge in [-0.3, -0.25) is 4.90 Å². The van der Waals surface area contributed by atoms with Crippen LogP contribution in [-0.4, -0.2) is 35.7 Å². The molecule has 0 amide bonds. The van der Waals surface area contributed by atoms with Gasteiger partial charge < -0.3 is 9.84 Å². The van der Waals surface area contributed by atoms with E-state index in [0.717, 1.165) is 37.4 Å². The second-order valence-corrected chi connectivity index (χ2v) is 5.00. The Hall–Kier alpha value is -1.22. The molecule has 1 atom stereocenters. The molecule has 0 aromatic heterocycles. The lowest BCUT2D eigenvalue weighted by Gasteiger charge is -2.34. The Morgan fingerprint density at radius 2 is 2.00 bits per heavy atom. The van der Waals surface area contributed by atoms with Gasteiger partial charge in [-0.25, -0.2) is 0 Å². The van der Waals surface area contributed by atoms with Crippen LogP contribution in [0.15, 0.2) is 18.2 Å². The molecule has 0 saturated carbocycles. The summed E-state index contributed by atoms with van der Waals surface area (Å²) in [6.45, 7) is 7.43. The quantitative estimate of drug-likeness (QED) is 0.871. The number of phenols is 1. The molecule has 3 nitrogen and oxygen atoms in total. The van der Waals surface area contributed by atoms with Crippen LogP contribution in [0.4, 0.5) is 0 Å². The summed E-state index contributed by atoms with van der Waals surface area (Å²) in [6.07, 6.45) is 3.32. The maximum Gasteiger partial charge on any atom is 0.122 e. The molecule has 0 spiro atoms. The van der Waals surface area contributed by atoms with Crippen LogP contribution in [0.3, 0.4) is 0 Å². The standard InChI is InChI=1S/C15H23NO2/c1-3-7-16(8-4-2)13-9-12-10-14(17)5-6-15(12)18-11-13/h5-6,10,13,17H,3-4,7-9,11H2,1-2H3/t13-/m1/s1. The number of benzene rings is 1. The normalized spacial score (nSPS) is 18.5. The molecule has 1 heterocycles. The SMILES string of the molecule is CCCN(CCC)[C@H]1COc2ccc(O)cc2C1. The Bertz CT molecular complexity index is 386. The highest BCUT2D eigenvalue weighted by Gasteiger charge is 2.24. The minimum Gasteiger partial charge on any atom is -0.508 e. The number of rotatable bonds is 5. The maximum absolute atomic E-state index is 9.55. The molecule has 1 aliphatic rings. The molecule has 0 saturated heterocycles. The van der Waals surface area contributed by atoms with E-state index < -0.39 is 0 Å². The van der Waals surface area contributed by atoms with E-state index >= 15 is 0 Å². The number of aromatic hydroxyl groups is 1. The number of fused-ring (bicyclic) bond motifs is 1. The Balaban J connectivity index is 2.09. The Labute approximate surface area is 109 Å². The summed E-state index contributed by atoms with van der Waals surface area (Å²) in [5.41, 5.74) is 1.13. The number of hydrogen-bond acceptors (Lipinski definition) is 3. The van der Waals surface area contributed by atoms with Gasteiger partial charge in [-0.05, 0) is 56.1 Å². The number of ether oxygens (including phenoxy) is 1. The van der Waals surface area contributed by atoms with Gasteiger partial charge in [-0.15, -0.1) is 0 Å². The smallest absolute Gasteiger partial charge is 0.122 e.